The van der Waals surface area contributed by atoms with Crippen molar-refractivity contribution in [3.63, 3.8) is 0 Å². The summed E-state index contributed by atoms with van der Waals surface area (Å²) >= 11 is 0. The van der Waals surface area contributed by atoms with Crippen LogP contribution < -0.4 is 0 Å². The van der Waals surface area contributed by atoms with E-state index in [0.29, 0.717) is 19.6 Å². The zero-order valence-corrected chi connectivity index (χ0v) is 10.3. The van der Waals surface area contributed by atoms with Crippen LogP contribution in [0.5, 0.6) is 0 Å². The molecule has 0 N–H and O–H groups in total. The summed E-state index contributed by atoms with van der Waals surface area (Å²) in [6, 6.07) is 20.2. The molecule has 2 aromatic carbocycles. The van der Waals surface area contributed by atoms with Crippen molar-refractivity contribution < 1.29 is 4.11 Å². The Hall–Kier alpha value is -1.86. The van der Waals surface area contributed by atoms with Crippen LogP contribution in [0.15, 0.2) is 73.2 Å². The molecule has 0 spiro atoms. The minimum Gasteiger partial charge on any atom is -0.291 e. The number of benzene rings is 2. The van der Waals surface area contributed by atoms with E-state index < -0.39 is 6.53 Å². The van der Waals surface area contributed by atoms with E-state index in [2.05, 4.69) is 4.90 Å². The fraction of sp³-hybridized carbons (Fsp3) is 0.176. The van der Waals surface area contributed by atoms with Gasteiger partial charge >= 0.3 is 0 Å². The van der Waals surface area contributed by atoms with Gasteiger partial charge in [0.15, 0.2) is 0 Å². The van der Waals surface area contributed by atoms with Gasteiger partial charge in [-0.05, 0) is 11.1 Å². The van der Waals surface area contributed by atoms with Crippen LogP contribution in [0.25, 0.3) is 0 Å². The first-order chi connectivity index (χ1) is 10.1. The minimum absolute atomic E-state index is 0.0434. The summed E-state index contributed by atoms with van der Waals surface area (Å²) in [5.41, 5.74) is 2.33. The normalized spacial score (nSPS) is 12.6. The molecule has 0 aliphatic rings. The Morgan fingerprint density at radius 1 is 0.944 bits per heavy atom. The number of rotatable bonds is 6. The third-order valence-electron chi connectivity index (χ3n) is 2.80. The van der Waals surface area contributed by atoms with Crippen LogP contribution in [0.1, 0.15) is 15.2 Å². The quantitative estimate of drug-likeness (QED) is 0.693. The molecule has 1 heteroatoms. The van der Waals surface area contributed by atoms with E-state index in [0.717, 1.165) is 11.1 Å². The van der Waals surface area contributed by atoms with Gasteiger partial charge in [0.05, 0.1) is 4.11 Å². The first-order valence-electron chi connectivity index (χ1n) is 7.58. The second-order valence-corrected chi connectivity index (χ2v) is 4.29. The molecule has 0 unspecified atom stereocenters. The van der Waals surface area contributed by atoms with Gasteiger partial charge in [0.2, 0.25) is 0 Å². The standard InChI is InChI=1S/C17H19N/c1-2-13-18(14-16-9-5-3-6-10-16)15-17-11-7-4-8-12-17/h2-12H,1,13-15H2/i1D2,2D. The molecule has 0 aliphatic heterocycles. The maximum Gasteiger partial charge on any atom is 0.0583 e. The number of hydrogen-bond donors (Lipinski definition) is 0. The maximum absolute atomic E-state index is 7.75. The van der Waals surface area contributed by atoms with E-state index in [1.54, 1.807) is 0 Å². The molecule has 92 valence electrons. The Bertz CT molecular complexity index is 536. The Morgan fingerprint density at radius 2 is 1.44 bits per heavy atom. The highest BCUT2D eigenvalue weighted by Gasteiger charge is 2.04. The van der Waals surface area contributed by atoms with Gasteiger partial charge in [0.25, 0.3) is 0 Å². The molecule has 0 saturated carbocycles. The van der Waals surface area contributed by atoms with Gasteiger partial charge in [0.1, 0.15) is 0 Å². The first kappa shape index (κ1) is 9.12. The summed E-state index contributed by atoms with van der Waals surface area (Å²) < 4.78 is 22.3. The predicted molar refractivity (Wildman–Crippen MR) is 77.2 cm³/mol. The van der Waals surface area contributed by atoms with Gasteiger partial charge < -0.3 is 0 Å². The summed E-state index contributed by atoms with van der Waals surface area (Å²) in [7, 11) is 0. The highest BCUT2D eigenvalue weighted by atomic mass is 15.1. The second kappa shape index (κ2) is 6.77. The van der Waals surface area contributed by atoms with Crippen LogP contribution >= 0.6 is 0 Å². The van der Waals surface area contributed by atoms with Crippen molar-refractivity contribution in [3.8, 4) is 0 Å². The van der Waals surface area contributed by atoms with E-state index in [-0.39, 0.29) is 6.05 Å². The Morgan fingerprint density at radius 3 is 1.89 bits per heavy atom. The molecule has 0 saturated heterocycles. The van der Waals surface area contributed by atoms with Crippen molar-refractivity contribution in [2.75, 3.05) is 6.54 Å². The van der Waals surface area contributed by atoms with Gasteiger partial charge in [-0.25, -0.2) is 0 Å². The third kappa shape index (κ3) is 3.86. The lowest BCUT2D eigenvalue weighted by Gasteiger charge is -2.20. The zero-order valence-electron chi connectivity index (χ0n) is 13.3. The van der Waals surface area contributed by atoms with Crippen LogP contribution in [-0.4, -0.2) is 11.4 Å². The molecule has 0 heterocycles. The molecule has 2 rings (SSSR count). The van der Waals surface area contributed by atoms with Gasteiger partial charge in [-0.2, -0.15) is 0 Å². The summed E-state index contributed by atoms with van der Waals surface area (Å²) in [4.78, 5) is 2.08. The van der Waals surface area contributed by atoms with E-state index in [9.17, 15) is 0 Å². The predicted octanol–water partition coefficient (Wildman–Crippen LogP) is 3.87. The molecule has 0 radical (unpaired) electrons. The van der Waals surface area contributed by atoms with Crippen molar-refractivity contribution in [2.45, 2.75) is 13.1 Å². The number of hydrogen-bond acceptors (Lipinski definition) is 1. The van der Waals surface area contributed by atoms with Crippen molar-refractivity contribution in [2.24, 2.45) is 0 Å². The van der Waals surface area contributed by atoms with Crippen LogP contribution in [0.3, 0.4) is 0 Å². The first-order valence-corrected chi connectivity index (χ1v) is 6.08. The molecular formula is C17H19N. The second-order valence-electron chi connectivity index (χ2n) is 4.29. The van der Waals surface area contributed by atoms with Gasteiger partial charge in [-0.15, -0.1) is 6.53 Å². The maximum atomic E-state index is 7.75. The molecule has 2 aromatic rings. The average molecular weight is 240 g/mol. The smallest absolute Gasteiger partial charge is 0.0583 e. The Labute approximate surface area is 114 Å². The summed E-state index contributed by atoms with van der Waals surface area (Å²) in [6.45, 7) is 1.30. The van der Waals surface area contributed by atoms with Crippen LogP contribution in [-0.2, 0) is 13.1 Å². The highest BCUT2D eigenvalue weighted by molar-refractivity contribution is 5.17. The molecular weight excluding hydrogens is 218 g/mol. The van der Waals surface area contributed by atoms with Crippen molar-refractivity contribution in [1.29, 1.82) is 0 Å². The Kier molecular flexibility index (Phi) is 3.43. The fourth-order valence-corrected chi connectivity index (χ4v) is 1.96. The van der Waals surface area contributed by atoms with Gasteiger partial charge in [-0.1, -0.05) is 66.7 Å². The molecule has 0 atom stereocenters. The summed E-state index contributed by atoms with van der Waals surface area (Å²) in [6.07, 6.45) is 0. The largest absolute Gasteiger partial charge is 0.291 e. The molecule has 0 aliphatic carbocycles. The summed E-state index contributed by atoms with van der Waals surface area (Å²) in [5.74, 6) is 0. The van der Waals surface area contributed by atoms with E-state index in [1.165, 1.54) is 0 Å². The monoisotopic (exact) mass is 240 g/mol. The number of nitrogens with zero attached hydrogens (tertiary/aromatic N) is 1. The van der Waals surface area contributed by atoms with Crippen molar-refractivity contribution in [3.05, 3.63) is 84.4 Å². The van der Waals surface area contributed by atoms with Gasteiger partial charge in [-0.3, -0.25) is 4.90 Å². The zero-order chi connectivity index (χ0) is 15.1. The van der Waals surface area contributed by atoms with Crippen LogP contribution in [0.4, 0.5) is 0 Å². The van der Waals surface area contributed by atoms with Crippen molar-refractivity contribution in [1.82, 2.24) is 4.90 Å². The molecule has 1 nitrogen and oxygen atoms in total. The summed E-state index contributed by atoms with van der Waals surface area (Å²) in [5, 5.41) is 0. The average Bonchev–Trinajstić information content (AvgIpc) is 2.49. The van der Waals surface area contributed by atoms with E-state index in [1.807, 2.05) is 60.7 Å². The third-order valence-corrected chi connectivity index (χ3v) is 2.80. The van der Waals surface area contributed by atoms with Crippen LogP contribution in [0.2, 0.25) is 0 Å². The minimum atomic E-state index is -0.416. The molecule has 0 amide bonds. The lowest BCUT2D eigenvalue weighted by atomic mass is 10.1. The molecule has 18 heavy (non-hydrogen) atoms. The van der Waals surface area contributed by atoms with Crippen molar-refractivity contribution >= 4 is 0 Å². The molecule has 0 aromatic heterocycles. The molecule has 0 bridgehead atoms. The fourth-order valence-electron chi connectivity index (χ4n) is 1.96. The van der Waals surface area contributed by atoms with Crippen LogP contribution in [0, 0.1) is 0 Å². The SMILES string of the molecule is [2H]C([2H])=C([2H])CN(Cc1ccccc1)Cc1ccccc1. The lowest BCUT2D eigenvalue weighted by Crippen LogP contribution is -2.22. The Balaban J connectivity index is 2.12. The van der Waals surface area contributed by atoms with E-state index in [4.69, 9.17) is 4.11 Å². The lowest BCUT2D eigenvalue weighted by molar-refractivity contribution is 0.286. The topological polar surface area (TPSA) is 3.24 Å². The van der Waals surface area contributed by atoms with Gasteiger partial charge in [0, 0.05) is 19.6 Å². The highest BCUT2D eigenvalue weighted by Crippen LogP contribution is 2.09. The van der Waals surface area contributed by atoms with E-state index >= 15 is 0 Å². The molecule has 0 fully saturated rings.